The summed E-state index contributed by atoms with van der Waals surface area (Å²) in [5.41, 5.74) is 33.0. The Hall–Kier alpha value is -12.7. The van der Waals surface area contributed by atoms with Gasteiger partial charge in [-0.05, 0) is 150 Å². The zero-order valence-electron chi connectivity index (χ0n) is 68.1. The van der Waals surface area contributed by atoms with Crippen molar-refractivity contribution in [3.05, 3.63) is 283 Å². The molecule has 116 heavy (non-hydrogen) atoms. The zero-order chi connectivity index (χ0) is 85.0. The average molecular weight is 1580 g/mol. The third-order valence-corrected chi connectivity index (χ3v) is 19.7. The number of allylic oxidation sites excluding steroid dienone is 15. The topological polar surface area (TPSA) is 367 Å². The summed E-state index contributed by atoms with van der Waals surface area (Å²) in [6.07, 6.45) is 26.9. The van der Waals surface area contributed by atoms with Crippen LogP contribution in [0.2, 0.25) is 0 Å². The number of aliphatic hydroxyl groups is 3. The highest BCUT2D eigenvalue weighted by atomic mass is 16.3. The Balaban J connectivity index is 0.000000203. The second-order valence-electron chi connectivity index (χ2n) is 29.3. The molecule has 1 heterocycles. The second-order valence-corrected chi connectivity index (χ2v) is 29.3. The smallest absolute Gasteiger partial charge is 0.243 e. The highest BCUT2D eigenvalue weighted by Crippen LogP contribution is 2.28. The Bertz CT molecular complexity index is 4880. The number of nitrogens with one attached hydrogen (secondary N) is 1. The standard InChI is InChI=1S/C22H27N4O3.C22H30N2O4.C17H20N2O2.C15H16N2O2.C15H15NO3/c1-24-7-8-26(15-24)6-5-17-11-16(3-4-19(17)23)12-18-13-22(29)20(14-21(18)28)25(2)9-10-27;1-24(11-13-26)20-16-21(27)18(15-22(20)28)14-17-6-8-19(9-7-17)23-10-4-2-3-5-12-25;1-10-11(2)14(18)6-5-12(10)7-13-8-17(21)15(19(3)4)9-16(13)20;1-17(2)13-9-14(18)11(8-15(13)19)7-10-3-5-12(16)6-4-10;1-16(2)13-9-14(18)11(8-15(13)19)7-10-3-5-12(17)6-4-10/h3-4,7-8,11,13-15,27H,5-6,9-10,12,23H2,1-2H3;6-9,15-16,23,25-26H,2-5,10-14H2,1H3;5-6,8-9H,7,18H2,1-4H3;3-6,8-9H,7,16H2,1-2H3;3-6,8-9,17H,7H2,1-2H3/q+1;;;;. The van der Waals surface area contributed by atoms with Crippen LogP contribution >= 0.6 is 0 Å². The van der Waals surface area contributed by atoms with Gasteiger partial charge in [-0.25, -0.2) is 9.13 Å². The van der Waals surface area contributed by atoms with Crippen LogP contribution in [0.25, 0.3) is 0 Å². The van der Waals surface area contributed by atoms with E-state index in [1.54, 1.807) is 117 Å². The second kappa shape index (κ2) is 43.5. The molecule has 6 aromatic rings. The number of aromatic nitrogens is 2. The van der Waals surface area contributed by atoms with Gasteiger partial charge in [-0.3, -0.25) is 47.9 Å². The molecule has 11 N–H and O–H groups in total. The van der Waals surface area contributed by atoms with E-state index in [9.17, 15) is 53.1 Å². The van der Waals surface area contributed by atoms with Gasteiger partial charge in [0.05, 0.1) is 55.3 Å². The maximum Gasteiger partial charge on any atom is 0.243 e. The molecule has 610 valence electrons. The number of unbranched alkanes of at least 4 members (excludes halogenated alkanes) is 3. The van der Waals surface area contributed by atoms with E-state index in [-0.39, 0.29) is 83.4 Å². The van der Waals surface area contributed by atoms with E-state index in [4.69, 9.17) is 32.5 Å². The molecule has 0 amide bonds. The summed E-state index contributed by atoms with van der Waals surface area (Å²) in [6, 6.07) is 31.3. The first-order chi connectivity index (χ1) is 55.2. The Morgan fingerprint density at radius 1 is 0.397 bits per heavy atom. The normalized spacial score (nSPS) is 14.5. The molecular weight excluding hydrogens is 1470 g/mol. The van der Waals surface area contributed by atoms with Gasteiger partial charge in [0.2, 0.25) is 35.2 Å². The molecule has 25 heteroatoms. The molecule has 5 aromatic carbocycles. The summed E-state index contributed by atoms with van der Waals surface area (Å²) >= 11 is 0. The quantitative estimate of drug-likeness (QED) is 0.00981. The van der Waals surface area contributed by atoms with Gasteiger partial charge >= 0.3 is 0 Å². The van der Waals surface area contributed by atoms with Gasteiger partial charge in [-0.1, -0.05) is 67.4 Å². The van der Waals surface area contributed by atoms with E-state index in [0.717, 1.165) is 107 Å². The first kappa shape index (κ1) is 90.5. The molecule has 0 atom stereocenters. The molecule has 0 aliphatic heterocycles. The average Bonchev–Trinajstić information content (AvgIpc) is 0.996. The number of benzene rings is 5. The lowest BCUT2D eigenvalue weighted by molar-refractivity contribution is -0.671. The van der Waals surface area contributed by atoms with Gasteiger partial charge in [-0.15, -0.1) is 0 Å². The van der Waals surface area contributed by atoms with Gasteiger partial charge in [0.15, 0.2) is 28.9 Å². The number of anilines is 4. The molecule has 0 saturated heterocycles. The van der Waals surface area contributed by atoms with E-state index in [1.807, 2.05) is 111 Å². The number of phenolic OH excluding ortho intramolecular Hbond substituents is 1. The van der Waals surface area contributed by atoms with Crippen LogP contribution < -0.4 is 27.1 Å². The molecule has 0 saturated carbocycles. The Kier molecular flexibility index (Phi) is 33.9. The van der Waals surface area contributed by atoms with Gasteiger partial charge in [0.25, 0.3) is 0 Å². The summed E-state index contributed by atoms with van der Waals surface area (Å²) in [6.45, 7) is 6.35. The molecule has 11 rings (SSSR count). The number of aryl methyl sites for hydroxylation is 3. The molecule has 0 fully saturated rings. The van der Waals surface area contributed by atoms with Gasteiger partial charge in [0, 0.05) is 202 Å². The Labute approximate surface area is 678 Å². The molecule has 5 aliphatic rings. The van der Waals surface area contributed by atoms with Gasteiger partial charge in [0.1, 0.15) is 18.1 Å². The lowest BCUT2D eigenvalue weighted by atomic mass is 9.91. The van der Waals surface area contributed by atoms with Crippen LogP contribution in [-0.2, 0) is 100 Å². The molecule has 5 aliphatic carbocycles. The SMILES string of the molecule is CN(C)C1=CC(=O)C(Cc2ccc(N)cc2)=CC1=O.CN(C)C1=CC(=O)C(Cc2ccc(O)cc2)=CC1=O.CN(CCO)C1=CC(=O)C(Cc2ccc(N)c(CCn3cc[n+](C)c3)c2)=CC1=O.CN(CCO)C1=CC(=O)C(Cc2ccc(NCCCCCCO)cc2)=CC1=O.Cc1c(N)ccc(CC2=CC(=O)C(N(C)C)=CC2=O)c1C. The van der Waals surface area contributed by atoms with Crippen LogP contribution in [0.1, 0.15) is 70.2 Å². The van der Waals surface area contributed by atoms with E-state index >= 15 is 0 Å². The number of hydrogen-bond acceptors (Lipinski definition) is 23. The fourth-order valence-electron chi connectivity index (χ4n) is 12.7. The van der Waals surface area contributed by atoms with E-state index < -0.39 is 0 Å². The number of aliphatic hydroxyl groups excluding tert-OH is 3. The fourth-order valence-corrected chi connectivity index (χ4v) is 12.7. The van der Waals surface area contributed by atoms with Crippen LogP contribution in [0.5, 0.6) is 5.75 Å². The lowest BCUT2D eigenvalue weighted by Gasteiger charge is -2.22. The number of nitrogen functional groups attached to an aromatic ring is 3. The van der Waals surface area contributed by atoms with Crippen molar-refractivity contribution >= 4 is 80.6 Å². The largest absolute Gasteiger partial charge is 0.508 e. The zero-order valence-corrected chi connectivity index (χ0v) is 68.1. The maximum atomic E-state index is 12.5. The molecule has 0 unspecified atom stereocenters. The summed E-state index contributed by atoms with van der Waals surface area (Å²) in [4.78, 5) is 130. The number of phenols is 1. The van der Waals surface area contributed by atoms with Gasteiger partial charge in [-0.2, -0.15) is 0 Å². The van der Waals surface area contributed by atoms with Crippen LogP contribution in [0.15, 0.2) is 239 Å². The van der Waals surface area contributed by atoms with Crippen LogP contribution in [0, 0.1) is 13.8 Å². The van der Waals surface area contributed by atoms with E-state index in [0.29, 0.717) is 107 Å². The van der Waals surface area contributed by atoms with Crippen molar-refractivity contribution in [2.24, 2.45) is 7.05 Å². The van der Waals surface area contributed by atoms with Crippen LogP contribution in [-0.4, -0.2) is 203 Å². The maximum absolute atomic E-state index is 12.5. The predicted molar refractivity (Wildman–Crippen MR) is 450 cm³/mol. The minimum Gasteiger partial charge on any atom is -0.508 e. The number of nitrogens with two attached hydrogens (primary N) is 3. The molecule has 0 spiro atoms. The van der Waals surface area contributed by atoms with Crippen molar-refractivity contribution in [1.82, 2.24) is 29.1 Å². The van der Waals surface area contributed by atoms with Crippen molar-refractivity contribution in [3.8, 4) is 5.75 Å². The minimum absolute atomic E-state index is 0.0745. The van der Waals surface area contributed by atoms with Crippen molar-refractivity contribution in [1.29, 1.82) is 0 Å². The van der Waals surface area contributed by atoms with Crippen molar-refractivity contribution in [3.63, 3.8) is 0 Å². The van der Waals surface area contributed by atoms with Crippen molar-refractivity contribution in [2.75, 3.05) is 118 Å². The number of hydrogen-bond donors (Lipinski definition) is 8. The number of carbonyl (C=O) groups excluding carboxylic acids is 10. The summed E-state index contributed by atoms with van der Waals surface area (Å²) in [5, 5.41) is 39.4. The van der Waals surface area contributed by atoms with Crippen LogP contribution in [0.3, 0.4) is 0 Å². The number of carbonyl (C=O) groups is 10. The highest BCUT2D eigenvalue weighted by Gasteiger charge is 2.28. The first-order valence-electron chi connectivity index (χ1n) is 38.2. The Morgan fingerprint density at radius 3 is 1.19 bits per heavy atom. The molecule has 1 aromatic heterocycles. The van der Waals surface area contributed by atoms with E-state index in [1.165, 1.54) is 60.8 Å². The fraction of sp³-hybridized carbons (Fsp3) is 0.308. The predicted octanol–water partition coefficient (Wildman–Crippen LogP) is 7.39. The number of nitrogens with zero attached hydrogens (tertiary/aromatic N) is 7. The van der Waals surface area contributed by atoms with Crippen molar-refractivity contribution in [2.45, 2.75) is 84.6 Å². The third-order valence-electron chi connectivity index (χ3n) is 19.7. The van der Waals surface area contributed by atoms with Crippen LogP contribution in [0.4, 0.5) is 22.7 Å². The van der Waals surface area contributed by atoms with E-state index in [2.05, 4.69) is 9.88 Å². The Morgan fingerprint density at radius 2 is 0.776 bits per heavy atom. The van der Waals surface area contributed by atoms with Gasteiger partial charge < -0.3 is 67.4 Å². The number of imidazole rings is 1. The first-order valence-corrected chi connectivity index (χ1v) is 38.2. The molecule has 0 radical (unpaired) electrons. The minimum atomic E-state index is -0.216. The number of likely N-dealkylation sites (N-methyl/N-ethyl adjacent to an activating group) is 5. The summed E-state index contributed by atoms with van der Waals surface area (Å²) in [7, 11) is 15.8. The lowest BCUT2D eigenvalue weighted by Crippen LogP contribution is -2.29. The molecular formula is C91H108N11O14+. The number of ketones is 10. The monoisotopic (exact) mass is 1580 g/mol. The molecule has 0 bridgehead atoms. The molecule has 25 nitrogen and oxygen atoms in total. The summed E-state index contributed by atoms with van der Waals surface area (Å²) in [5.74, 6) is -1.35. The summed E-state index contributed by atoms with van der Waals surface area (Å²) < 4.78 is 4.07. The number of rotatable bonds is 29. The van der Waals surface area contributed by atoms with Crippen molar-refractivity contribution < 1.29 is 72.9 Å². The number of aromatic hydroxyl groups is 1. The highest BCUT2D eigenvalue weighted by molar-refractivity contribution is 6.23. The third kappa shape index (κ3) is 26.7.